The summed E-state index contributed by atoms with van der Waals surface area (Å²) in [6, 6.07) is 4.84. The second-order valence-electron chi connectivity index (χ2n) is 6.88. The van der Waals surface area contributed by atoms with E-state index >= 15 is 0 Å². The Balaban J connectivity index is 0.00000208. The van der Waals surface area contributed by atoms with Crippen molar-refractivity contribution in [3.8, 4) is 11.5 Å². The summed E-state index contributed by atoms with van der Waals surface area (Å²) in [4.78, 5) is 0.244. The molecular weight excluding hydrogens is 352 g/mol. The van der Waals surface area contributed by atoms with Crippen molar-refractivity contribution in [1.82, 2.24) is 4.31 Å². The van der Waals surface area contributed by atoms with Gasteiger partial charge in [0, 0.05) is 31.6 Å². The average Bonchev–Trinajstić information content (AvgIpc) is 2.74. The van der Waals surface area contributed by atoms with Crippen LogP contribution in [0.25, 0.3) is 0 Å². The normalized spacial score (nSPS) is 23.9. The Bertz CT molecular complexity index is 693. The van der Waals surface area contributed by atoms with Crippen LogP contribution in [0.3, 0.4) is 0 Å². The van der Waals surface area contributed by atoms with E-state index in [-0.39, 0.29) is 28.8 Å². The highest BCUT2D eigenvalue weighted by molar-refractivity contribution is 7.89. The predicted molar refractivity (Wildman–Crippen MR) is 94.4 cm³/mol. The number of nitrogens with zero attached hydrogens (tertiary/aromatic N) is 1. The van der Waals surface area contributed by atoms with E-state index in [1.165, 1.54) is 4.31 Å². The zero-order chi connectivity index (χ0) is 16.7. The van der Waals surface area contributed by atoms with Crippen LogP contribution in [0.4, 0.5) is 0 Å². The lowest BCUT2D eigenvalue weighted by atomic mass is 9.81. The van der Waals surface area contributed by atoms with Crippen LogP contribution >= 0.6 is 12.4 Å². The minimum absolute atomic E-state index is 0. The van der Waals surface area contributed by atoms with Gasteiger partial charge in [0.15, 0.2) is 11.5 Å². The van der Waals surface area contributed by atoms with Gasteiger partial charge in [0.05, 0.1) is 18.1 Å². The number of fused-ring (bicyclic) bond motifs is 1. The topological polar surface area (TPSA) is 81.9 Å². The van der Waals surface area contributed by atoms with Crippen LogP contribution < -0.4 is 15.2 Å². The van der Waals surface area contributed by atoms with Gasteiger partial charge in [-0.2, -0.15) is 4.31 Å². The van der Waals surface area contributed by atoms with E-state index < -0.39 is 10.0 Å². The van der Waals surface area contributed by atoms with Gasteiger partial charge in [0.2, 0.25) is 10.0 Å². The summed E-state index contributed by atoms with van der Waals surface area (Å²) >= 11 is 0. The molecule has 0 amide bonds. The minimum Gasteiger partial charge on any atom is -0.490 e. The first kappa shape index (κ1) is 19.3. The number of nitrogens with two attached hydrogens (primary N) is 1. The van der Waals surface area contributed by atoms with E-state index in [9.17, 15) is 8.42 Å². The van der Waals surface area contributed by atoms with Crippen LogP contribution in [0.15, 0.2) is 23.1 Å². The van der Waals surface area contributed by atoms with Gasteiger partial charge >= 0.3 is 0 Å². The van der Waals surface area contributed by atoms with E-state index in [4.69, 9.17) is 15.2 Å². The number of benzene rings is 1. The van der Waals surface area contributed by atoms with Crippen molar-refractivity contribution in [1.29, 1.82) is 0 Å². The van der Waals surface area contributed by atoms with Crippen LogP contribution in [0, 0.1) is 5.41 Å². The monoisotopic (exact) mass is 376 g/mol. The van der Waals surface area contributed by atoms with Crippen molar-refractivity contribution in [2.75, 3.05) is 26.3 Å². The van der Waals surface area contributed by atoms with Gasteiger partial charge in [-0.1, -0.05) is 13.8 Å². The van der Waals surface area contributed by atoms with E-state index in [0.717, 1.165) is 6.42 Å². The van der Waals surface area contributed by atoms with Crippen LogP contribution in [0.5, 0.6) is 11.5 Å². The molecule has 0 saturated carbocycles. The summed E-state index contributed by atoms with van der Waals surface area (Å²) in [5.74, 6) is 1.10. The van der Waals surface area contributed by atoms with Gasteiger partial charge in [0.1, 0.15) is 0 Å². The van der Waals surface area contributed by atoms with Gasteiger partial charge in [0.25, 0.3) is 0 Å². The van der Waals surface area contributed by atoms with E-state index in [1.807, 2.05) is 13.8 Å². The Kier molecular flexibility index (Phi) is 5.69. The van der Waals surface area contributed by atoms with Crippen molar-refractivity contribution in [2.45, 2.75) is 37.6 Å². The average molecular weight is 377 g/mol. The highest BCUT2D eigenvalue weighted by Crippen LogP contribution is 2.35. The maximum absolute atomic E-state index is 12.9. The maximum atomic E-state index is 12.9. The molecule has 2 heterocycles. The second kappa shape index (κ2) is 7.07. The molecule has 0 bridgehead atoms. The lowest BCUT2D eigenvalue weighted by molar-refractivity contribution is 0.155. The fourth-order valence-corrected chi connectivity index (χ4v) is 4.63. The molecule has 8 heteroatoms. The first-order chi connectivity index (χ1) is 10.8. The molecule has 6 nitrogen and oxygen atoms in total. The molecule has 24 heavy (non-hydrogen) atoms. The molecule has 2 N–H and O–H groups in total. The summed E-state index contributed by atoms with van der Waals surface area (Å²) < 4.78 is 38.6. The first-order valence-corrected chi connectivity index (χ1v) is 9.40. The van der Waals surface area contributed by atoms with Crippen molar-refractivity contribution in [3.63, 3.8) is 0 Å². The molecule has 3 rings (SSSR count). The molecule has 1 atom stereocenters. The number of piperidine rings is 1. The molecular formula is C16H25ClN2O4S. The number of ether oxygens (including phenoxy) is 2. The molecule has 1 fully saturated rings. The Hall–Kier alpha value is -1.02. The van der Waals surface area contributed by atoms with E-state index in [2.05, 4.69) is 0 Å². The summed E-state index contributed by atoms with van der Waals surface area (Å²) in [5.41, 5.74) is 5.87. The Morgan fingerprint density at radius 1 is 1.21 bits per heavy atom. The Morgan fingerprint density at radius 3 is 2.54 bits per heavy atom. The third-order valence-electron chi connectivity index (χ3n) is 4.63. The zero-order valence-electron chi connectivity index (χ0n) is 14.0. The van der Waals surface area contributed by atoms with Crippen molar-refractivity contribution < 1.29 is 17.9 Å². The highest BCUT2D eigenvalue weighted by Gasteiger charge is 2.39. The molecule has 1 aromatic rings. The van der Waals surface area contributed by atoms with Crippen LogP contribution in [0.1, 0.15) is 26.7 Å². The molecule has 2 aliphatic heterocycles. The second-order valence-corrected chi connectivity index (χ2v) is 8.82. The van der Waals surface area contributed by atoms with Gasteiger partial charge in [-0.25, -0.2) is 8.42 Å². The van der Waals surface area contributed by atoms with Crippen LogP contribution in [-0.2, 0) is 10.0 Å². The molecule has 136 valence electrons. The standard InChI is InChI=1S/C16H24N2O4S.ClH/c1-16(2)11-18(7-6-15(16)17)23(19,20)12-4-5-13-14(10-12)22-9-3-8-21-13;/h4-5,10,15H,3,6-9,11,17H2,1-2H3;1H. The van der Waals surface area contributed by atoms with E-state index in [0.29, 0.717) is 44.2 Å². The van der Waals surface area contributed by atoms with E-state index in [1.54, 1.807) is 18.2 Å². The van der Waals surface area contributed by atoms with Crippen molar-refractivity contribution >= 4 is 22.4 Å². The van der Waals surface area contributed by atoms with Gasteiger partial charge in [-0.05, 0) is 24.0 Å². The number of rotatable bonds is 2. The minimum atomic E-state index is -3.56. The predicted octanol–water partition coefficient (Wildman–Crippen LogP) is 2.02. The molecule has 0 aromatic heterocycles. The molecule has 0 radical (unpaired) electrons. The fraction of sp³-hybridized carbons (Fsp3) is 0.625. The number of hydrogen-bond acceptors (Lipinski definition) is 5. The zero-order valence-corrected chi connectivity index (χ0v) is 15.7. The highest BCUT2D eigenvalue weighted by atomic mass is 35.5. The SMILES string of the molecule is CC1(C)CN(S(=O)(=O)c2ccc3c(c2)OCCCO3)CCC1N.Cl. The maximum Gasteiger partial charge on any atom is 0.243 e. The fourth-order valence-electron chi connectivity index (χ4n) is 2.98. The Morgan fingerprint density at radius 2 is 1.88 bits per heavy atom. The molecule has 0 aliphatic carbocycles. The van der Waals surface area contributed by atoms with Crippen LogP contribution in [-0.4, -0.2) is 45.1 Å². The van der Waals surface area contributed by atoms with Gasteiger partial charge < -0.3 is 15.2 Å². The van der Waals surface area contributed by atoms with Gasteiger partial charge in [-0.15, -0.1) is 12.4 Å². The summed E-state index contributed by atoms with van der Waals surface area (Å²) in [6.45, 7) is 5.99. The van der Waals surface area contributed by atoms with Crippen molar-refractivity contribution in [3.05, 3.63) is 18.2 Å². The molecule has 2 aliphatic rings. The largest absolute Gasteiger partial charge is 0.490 e. The first-order valence-electron chi connectivity index (χ1n) is 7.96. The number of hydrogen-bond donors (Lipinski definition) is 1. The molecule has 1 unspecified atom stereocenters. The molecule has 0 spiro atoms. The Labute approximate surface area is 149 Å². The third kappa shape index (κ3) is 3.64. The molecule has 1 aromatic carbocycles. The third-order valence-corrected chi connectivity index (χ3v) is 6.48. The summed E-state index contributed by atoms with van der Waals surface area (Å²) in [5, 5.41) is 0. The number of sulfonamides is 1. The smallest absolute Gasteiger partial charge is 0.243 e. The lowest BCUT2D eigenvalue weighted by Crippen LogP contribution is -2.53. The summed E-state index contributed by atoms with van der Waals surface area (Å²) in [7, 11) is -3.56. The quantitative estimate of drug-likeness (QED) is 0.853. The summed E-state index contributed by atoms with van der Waals surface area (Å²) in [6.07, 6.45) is 1.45. The van der Waals surface area contributed by atoms with Crippen LogP contribution in [0.2, 0.25) is 0 Å². The van der Waals surface area contributed by atoms with Gasteiger partial charge in [-0.3, -0.25) is 0 Å². The lowest BCUT2D eigenvalue weighted by Gasteiger charge is -2.41. The van der Waals surface area contributed by atoms with Crippen molar-refractivity contribution in [2.24, 2.45) is 11.1 Å². The molecule has 1 saturated heterocycles. The number of halogens is 1.